The molecule has 15 heavy (non-hydrogen) atoms. The van der Waals surface area contributed by atoms with Gasteiger partial charge in [-0.05, 0) is 24.6 Å². The molecule has 0 saturated heterocycles. The van der Waals surface area contributed by atoms with Crippen LogP contribution in [0.3, 0.4) is 0 Å². The molecule has 0 aliphatic rings. The first-order chi connectivity index (χ1) is 6.82. The number of hydrogen-bond donors (Lipinski definition) is 1. The smallest absolute Gasteiger partial charge is 0.152 e. The molecule has 0 radical (unpaired) electrons. The quantitative estimate of drug-likeness (QED) is 0.926. The molecular formula is C10H13BrO3S. The Morgan fingerprint density at radius 3 is 2.13 bits per heavy atom. The zero-order valence-electron chi connectivity index (χ0n) is 8.51. The average Bonchev–Trinajstić information content (AvgIpc) is 2.15. The molecule has 1 aromatic carbocycles. The standard InChI is InChI=1S/C10H13BrO3S/c1-7(15(2,13)14)10(12)8-3-5-9(11)6-4-8/h3-7,10,12H,1-2H3/t7-,10+/m0/s1. The fourth-order valence-electron chi connectivity index (χ4n) is 1.17. The van der Waals surface area contributed by atoms with Crippen molar-refractivity contribution in [2.24, 2.45) is 0 Å². The molecule has 0 aromatic heterocycles. The lowest BCUT2D eigenvalue weighted by Crippen LogP contribution is -2.24. The summed E-state index contributed by atoms with van der Waals surface area (Å²) in [4.78, 5) is 0. The van der Waals surface area contributed by atoms with Crippen molar-refractivity contribution in [3.63, 3.8) is 0 Å². The normalized spacial score (nSPS) is 16.0. The van der Waals surface area contributed by atoms with Crippen molar-refractivity contribution in [2.75, 3.05) is 6.26 Å². The van der Waals surface area contributed by atoms with E-state index in [1.54, 1.807) is 24.3 Å². The van der Waals surface area contributed by atoms with Gasteiger partial charge in [-0.3, -0.25) is 0 Å². The van der Waals surface area contributed by atoms with E-state index >= 15 is 0 Å². The van der Waals surface area contributed by atoms with Crippen LogP contribution in [0.1, 0.15) is 18.6 Å². The zero-order chi connectivity index (χ0) is 11.6. The van der Waals surface area contributed by atoms with Gasteiger partial charge >= 0.3 is 0 Å². The van der Waals surface area contributed by atoms with Gasteiger partial charge in [-0.1, -0.05) is 28.1 Å². The Morgan fingerprint density at radius 2 is 1.73 bits per heavy atom. The van der Waals surface area contributed by atoms with Gasteiger partial charge in [-0.2, -0.15) is 0 Å². The third kappa shape index (κ3) is 3.29. The van der Waals surface area contributed by atoms with Crippen molar-refractivity contribution in [2.45, 2.75) is 18.3 Å². The number of halogens is 1. The SMILES string of the molecule is C[C@@H]([C@@H](O)c1ccc(Br)cc1)S(C)(=O)=O. The van der Waals surface area contributed by atoms with E-state index in [4.69, 9.17) is 0 Å². The van der Waals surface area contributed by atoms with E-state index in [1.165, 1.54) is 6.92 Å². The van der Waals surface area contributed by atoms with Crippen LogP contribution in [0.2, 0.25) is 0 Å². The van der Waals surface area contributed by atoms with E-state index in [2.05, 4.69) is 15.9 Å². The minimum absolute atomic E-state index is 0.608. The second kappa shape index (κ2) is 4.63. The van der Waals surface area contributed by atoms with E-state index in [0.29, 0.717) is 5.56 Å². The van der Waals surface area contributed by atoms with Crippen molar-refractivity contribution < 1.29 is 13.5 Å². The molecule has 0 spiro atoms. The highest BCUT2D eigenvalue weighted by Crippen LogP contribution is 2.22. The van der Waals surface area contributed by atoms with Crippen LogP contribution in [0.5, 0.6) is 0 Å². The lowest BCUT2D eigenvalue weighted by atomic mass is 10.1. The van der Waals surface area contributed by atoms with Crippen LogP contribution in [-0.2, 0) is 9.84 Å². The van der Waals surface area contributed by atoms with Gasteiger partial charge in [0.05, 0.1) is 11.4 Å². The second-order valence-electron chi connectivity index (χ2n) is 3.53. The summed E-state index contributed by atoms with van der Waals surface area (Å²) in [6, 6.07) is 6.95. The maximum absolute atomic E-state index is 11.2. The van der Waals surface area contributed by atoms with Crippen LogP contribution >= 0.6 is 15.9 Å². The lowest BCUT2D eigenvalue weighted by Gasteiger charge is -2.17. The Labute approximate surface area is 98.2 Å². The molecule has 0 bridgehead atoms. The van der Waals surface area contributed by atoms with E-state index in [1.807, 2.05) is 0 Å². The Hall–Kier alpha value is -0.390. The Balaban J connectivity index is 2.95. The molecule has 1 aromatic rings. The molecule has 0 saturated carbocycles. The topological polar surface area (TPSA) is 54.4 Å². The van der Waals surface area contributed by atoms with E-state index in [0.717, 1.165) is 10.7 Å². The van der Waals surface area contributed by atoms with Gasteiger partial charge in [-0.25, -0.2) is 8.42 Å². The first kappa shape index (κ1) is 12.7. The van der Waals surface area contributed by atoms with Crippen LogP contribution in [0.15, 0.2) is 28.7 Å². The molecule has 84 valence electrons. The maximum Gasteiger partial charge on any atom is 0.152 e. The summed E-state index contributed by atoms with van der Waals surface area (Å²) in [5, 5.41) is 9.03. The zero-order valence-corrected chi connectivity index (χ0v) is 10.9. The number of aliphatic hydroxyl groups is 1. The van der Waals surface area contributed by atoms with Gasteiger partial charge in [0.2, 0.25) is 0 Å². The van der Waals surface area contributed by atoms with Crippen LogP contribution in [0, 0.1) is 0 Å². The van der Waals surface area contributed by atoms with Gasteiger partial charge in [0.1, 0.15) is 0 Å². The maximum atomic E-state index is 11.2. The number of sulfone groups is 1. The van der Waals surface area contributed by atoms with E-state index < -0.39 is 21.2 Å². The molecular weight excluding hydrogens is 280 g/mol. The summed E-state index contributed by atoms with van der Waals surface area (Å²) >= 11 is 3.27. The van der Waals surface area contributed by atoms with Gasteiger partial charge < -0.3 is 5.11 Å². The largest absolute Gasteiger partial charge is 0.387 e. The summed E-state index contributed by atoms with van der Waals surface area (Å²) in [5.74, 6) is 0. The third-order valence-corrected chi connectivity index (χ3v) is 4.47. The number of aliphatic hydroxyl groups excluding tert-OH is 1. The predicted molar refractivity (Wildman–Crippen MR) is 63.4 cm³/mol. The van der Waals surface area contributed by atoms with E-state index in [9.17, 15) is 13.5 Å². The van der Waals surface area contributed by atoms with Crippen molar-refractivity contribution >= 4 is 25.8 Å². The molecule has 3 nitrogen and oxygen atoms in total. The fourth-order valence-corrected chi connectivity index (χ4v) is 2.05. The minimum Gasteiger partial charge on any atom is -0.387 e. The minimum atomic E-state index is -3.22. The van der Waals surface area contributed by atoms with Gasteiger partial charge in [0, 0.05) is 10.7 Å². The highest BCUT2D eigenvalue weighted by molar-refractivity contribution is 9.10. The lowest BCUT2D eigenvalue weighted by molar-refractivity contribution is 0.176. The van der Waals surface area contributed by atoms with Gasteiger partial charge in [0.25, 0.3) is 0 Å². The first-order valence-electron chi connectivity index (χ1n) is 4.45. The molecule has 2 atom stereocenters. The van der Waals surface area contributed by atoms with Crippen molar-refractivity contribution in [3.8, 4) is 0 Å². The molecule has 5 heteroatoms. The molecule has 1 N–H and O–H groups in total. The molecule has 0 heterocycles. The molecule has 0 amide bonds. The highest BCUT2D eigenvalue weighted by Gasteiger charge is 2.25. The Bertz CT molecular complexity index is 424. The summed E-state index contributed by atoms with van der Waals surface area (Å²) < 4.78 is 23.4. The highest BCUT2D eigenvalue weighted by atomic mass is 79.9. The van der Waals surface area contributed by atoms with Crippen LogP contribution < -0.4 is 0 Å². The van der Waals surface area contributed by atoms with Gasteiger partial charge in [0.15, 0.2) is 9.84 Å². The van der Waals surface area contributed by atoms with Crippen molar-refractivity contribution in [1.82, 2.24) is 0 Å². The van der Waals surface area contributed by atoms with Crippen molar-refractivity contribution in [1.29, 1.82) is 0 Å². The monoisotopic (exact) mass is 292 g/mol. The van der Waals surface area contributed by atoms with Crippen molar-refractivity contribution in [3.05, 3.63) is 34.3 Å². The summed E-state index contributed by atoms with van der Waals surface area (Å²) in [7, 11) is -3.22. The molecule has 0 aliphatic heterocycles. The summed E-state index contributed by atoms with van der Waals surface area (Å²) in [5.41, 5.74) is 0.608. The third-order valence-electron chi connectivity index (χ3n) is 2.33. The number of hydrogen-bond acceptors (Lipinski definition) is 3. The summed E-state index contributed by atoms with van der Waals surface area (Å²) in [6.45, 7) is 1.50. The first-order valence-corrected chi connectivity index (χ1v) is 7.19. The molecule has 0 unspecified atom stereocenters. The molecule has 1 rings (SSSR count). The Morgan fingerprint density at radius 1 is 1.27 bits per heavy atom. The predicted octanol–water partition coefficient (Wildman–Crippen LogP) is 1.92. The number of benzene rings is 1. The van der Waals surface area contributed by atoms with Crippen LogP contribution in [0.4, 0.5) is 0 Å². The molecule has 0 aliphatic carbocycles. The second-order valence-corrected chi connectivity index (χ2v) is 6.85. The van der Waals surface area contributed by atoms with Crippen LogP contribution in [0.25, 0.3) is 0 Å². The van der Waals surface area contributed by atoms with Crippen LogP contribution in [-0.4, -0.2) is 25.0 Å². The Kier molecular flexibility index (Phi) is 3.92. The van der Waals surface area contributed by atoms with E-state index in [-0.39, 0.29) is 0 Å². The van der Waals surface area contributed by atoms with Gasteiger partial charge in [-0.15, -0.1) is 0 Å². The number of rotatable bonds is 3. The average molecular weight is 293 g/mol. The fraction of sp³-hybridized carbons (Fsp3) is 0.400. The molecule has 0 fully saturated rings. The summed E-state index contributed by atoms with van der Waals surface area (Å²) in [6.07, 6.45) is 0.146.